The van der Waals surface area contributed by atoms with Crippen molar-refractivity contribution in [1.82, 2.24) is 4.90 Å². The Morgan fingerprint density at radius 2 is 2.10 bits per heavy atom. The smallest absolute Gasteiger partial charge is 0.289 e. The second kappa shape index (κ2) is 6.39. The molecule has 1 amide bonds. The number of nitrogens with two attached hydrogens (primary N) is 1. The van der Waals surface area contributed by atoms with Gasteiger partial charge in [-0.2, -0.15) is 0 Å². The monoisotopic (exact) mass is 272 g/mol. The largest absolute Gasteiger partial charge is 0.455 e. The predicted octanol–water partition coefficient (Wildman–Crippen LogP) is 2.71. The average Bonchev–Trinajstić information content (AvgIpc) is 2.93. The summed E-state index contributed by atoms with van der Waals surface area (Å²) in [5, 5.41) is 0. The van der Waals surface area contributed by atoms with Crippen molar-refractivity contribution in [2.75, 3.05) is 6.54 Å². The van der Waals surface area contributed by atoms with Crippen LogP contribution in [0.15, 0.2) is 40.8 Å². The summed E-state index contributed by atoms with van der Waals surface area (Å²) in [7, 11) is 0. The van der Waals surface area contributed by atoms with E-state index in [2.05, 4.69) is 6.07 Å². The fourth-order valence-electron chi connectivity index (χ4n) is 2.12. The van der Waals surface area contributed by atoms with Gasteiger partial charge in [-0.15, -0.1) is 0 Å². The number of furan rings is 1. The van der Waals surface area contributed by atoms with Gasteiger partial charge >= 0.3 is 0 Å². The van der Waals surface area contributed by atoms with Crippen molar-refractivity contribution in [3.8, 4) is 0 Å². The second-order valence-corrected chi connectivity index (χ2v) is 4.78. The summed E-state index contributed by atoms with van der Waals surface area (Å²) in [5.74, 6) is 0.869. The lowest BCUT2D eigenvalue weighted by molar-refractivity contribution is 0.0718. The van der Waals surface area contributed by atoms with E-state index in [-0.39, 0.29) is 5.91 Å². The summed E-state index contributed by atoms with van der Waals surface area (Å²) in [5.41, 5.74) is 7.80. The first-order chi connectivity index (χ1) is 9.63. The van der Waals surface area contributed by atoms with Crippen molar-refractivity contribution in [1.29, 1.82) is 0 Å². The first-order valence-electron chi connectivity index (χ1n) is 6.77. The fourth-order valence-corrected chi connectivity index (χ4v) is 2.12. The fraction of sp³-hybridized carbons (Fsp3) is 0.312. The third-order valence-corrected chi connectivity index (χ3v) is 3.20. The highest BCUT2D eigenvalue weighted by Gasteiger charge is 2.18. The molecule has 0 unspecified atom stereocenters. The molecule has 0 saturated heterocycles. The Balaban J connectivity index is 2.13. The molecule has 20 heavy (non-hydrogen) atoms. The number of nitrogens with zero attached hydrogens (tertiary/aromatic N) is 1. The average molecular weight is 272 g/mol. The Kier molecular flexibility index (Phi) is 4.58. The van der Waals surface area contributed by atoms with Crippen LogP contribution in [0.4, 0.5) is 0 Å². The van der Waals surface area contributed by atoms with Crippen LogP contribution in [0.2, 0.25) is 0 Å². The van der Waals surface area contributed by atoms with Gasteiger partial charge in [-0.3, -0.25) is 4.79 Å². The molecule has 0 aliphatic carbocycles. The SMILES string of the molecule is CCN(Cc1cccc(C)c1)C(=O)c1ccc(CN)o1. The van der Waals surface area contributed by atoms with Gasteiger partial charge in [-0.1, -0.05) is 29.8 Å². The van der Waals surface area contributed by atoms with Crippen molar-refractivity contribution in [3.63, 3.8) is 0 Å². The molecule has 0 bridgehead atoms. The summed E-state index contributed by atoms with van der Waals surface area (Å²) in [6, 6.07) is 11.6. The van der Waals surface area contributed by atoms with Crippen LogP contribution >= 0.6 is 0 Å². The van der Waals surface area contributed by atoms with Gasteiger partial charge in [-0.05, 0) is 31.5 Å². The van der Waals surface area contributed by atoms with Gasteiger partial charge in [0.05, 0.1) is 6.54 Å². The van der Waals surface area contributed by atoms with Crippen LogP contribution in [-0.2, 0) is 13.1 Å². The number of benzene rings is 1. The highest BCUT2D eigenvalue weighted by Crippen LogP contribution is 2.13. The summed E-state index contributed by atoms with van der Waals surface area (Å²) >= 11 is 0. The Hall–Kier alpha value is -2.07. The van der Waals surface area contributed by atoms with Crippen LogP contribution in [0.3, 0.4) is 0 Å². The van der Waals surface area contributed by atoms with Gasteiger partial charge in [-0.25, -0.2) is 0 Å². The third kappa shape index (κ3) is 3.27. The molecule has 4 heteroatoms. The Morgan fingerprint density at radius 3 is 2.70 bits per heavy atom. The van der Waals surface area contributed by atoms with Crippen LogP contribution in [0.25, 0.3) is 0 Å². The summed E-state index contributed by atoms with van der Waals surface area (Å²) in [4.78, 5) is 14.1. The highest BCUT2D eigenvalue weighted by atomic mass is 16.4. The molecular formula is C16H20N2O2. The number of aryl methyl sites for hydroxylation is 1. The maximum absolute atomic E-state index is 12.4. The van der Waals surface area contributed by atoms with Crippen molar-refractivity contribution in [3.05, 3.63) is 59.0 Å². The molecule has 4 nitrogen and oxygen atoms in total. The van der Waals surface area contributed by atoms with E-state index in [9.17, 15) is 4.79 Å². The van der Waals surface area contributed by atoms with Gasteiger partial charge in [0.1, 0.15) is 5.76 Å². The number of hydrogen-bond acceptors (Lipinski definition) is 3. The minimum absolute atomic E-state index is 0.103. The van der Waals surface area contributed by atoms with E-state index in [4.69, 9.17) is 10.2 Å². The molecule has 1 aromatic carbocycles. The van der Waals surface area contributed by atoms with Crippen LogP contribution in [0.5, 0.6) is 0 Å². The van der Waals surface area contributed by atoms with E-state index in [1.165, 1.54) is 5.56 Å². The molecule has 1 heterocycles. The Morgan fingerprint density at radius 1 is 1.30 bits per heavy atom. The molecule has 106 valence electrons. The molecule has 0 atom stereocenters. The Bertz CT molecular complexity index is 590. The first-order valence-corrected chi connectivity index (χ1v) is 6.77. The topological polar surface area (TPSA) is 59.5 Å². The summed E-state index contributed by atoms with van der Waals surface area (Å²) < 4.78 is 5.42. The van der Waals surface area contributed by atoms with E-state index < -0.39 is 0 Å². The van der Waals surface area contributed by atoms with Gasteiger partial charge in [0.15, 0.2) is 5.76 Å². The van der Waals surface area contributed by atoms with Crippen LogP contribution in [0, 0.1) is 6.92 Å². The van der Waals surface area contributed by atoms with E-state index in [0.717, 1.165) is 5.56 Å². The van der Waals surface area contributed by atoms with Gasteiger partial charge in [0.2, 0.25) is 0 Å². The minimum atomic E-state index is -0.103. The lowest BCUT2D eigenvalue weighted by Crippen LogP contribution is -2.30. The number of rotatable bonds is 5. The quantitative estimate of drug-likeness (QED) is 0.910. The third-order valence-electron chi connectivity index (χ3n) is 3.20. The molecule has 1 aromatic heterocycles. The standard InChI is InChI=1S/C16H20N2O2/c1-3-18(11-13-6-4-5-12(2)9-13)16(19)15-8-7-14(10-17)20-15/h4-9H,3,10-11,17H2,1-2H3. The zero-order chi connectivity index (χ0) is 14.5. The number of carbonyl (C=O) groups is 1. The van der Waals surface area contributed by atoms with E-state index in [1.54, 1.807) is 17.0 Å². The van der Waals surface area contributed by atoms with Crippen LogP contribution in [-0.4, -0.2) is 17.4 Å². The van der Waals surface area contributed by atoms with Gasteiger partial charge < -0.3 is 15.1 Å². The van der Waals surface area contributed by atoms with Crippen molar-refractivity contribution in [2.24, 2.45) is 5.73 Å². The maximum Gasteiger partial charge on any atom is 0.289 e. The van der Waals surface area contributed by atoms with Crippen molar-refractivity contribution < 1.29 is 9.21 Å². The zero-order valence-corrected chi connectivity index (χ0v) is 11.9. The molecule has 0 fully saturated rings. The lowest BCUT2D eigenvalue weighted by Gasteiger charge is -2.20. The summed E-state index contributed by atoms with van der Waals surface area (Å²) in [6.07, 6.45) is 0. The number of amides is 1. The van der Waals surface area contributed by atoms with Crippen LogP contribution in [0.1, 0.15) is 34.4 Å². The molecule has 2 aromatic rings. The van der Waals surface area contributed by atoms with E-state index in [1.807, 2.05) is 32.0 Å². The van der Waals surface area contributed by atoms with E-state index >= 15 is 0 Å². The van der Waals surface area contributed by atoms with Crippen molar-refractivity contribution in [2.45, 2.75) is 26.9 Å². The minimum Gasteiger partial charge on any atom is -0.455 e. The highest BCUT2D eigenvalue weighted by molar-refractivity contribution is 5.91. The second-order valence-electron chi connectivity index (χ2n) is 4.78. The summed E-state index contributed by atoms with van der Waals surface area (Å²) in [6.45, 7) is 5.51. The predicted molar refractivity (Wildman–Crippen MR) is 78.2 cm³/mol. The molecule has 0 saturated carbocycles. The van der Waals surface area contributed by atoms with Gasteiger partial charge in [0, 0.05) is 13.1 Å². The molecule has 2 N–H and O–H groups in total. The molecular weight excluding hydrogens is 252 g/mol. The molecule has 0 spiro atoms. The number of carbonyl (C=O) groups excluding carboxylic acids is 1. The lowest BCUT2D eigenvalue weighted by atomic mass is 10.1. The molecule has 0 radical (unpaired) electrons. The maximum atomic E-state index is 12.4. The number of hydrogen-bond donors (Lipinski definition) is 1. The van der Waals surface area contributed by atoms with Gasteiger partial charge in [0.25, 0.3) is 5.91 Å². The van der Waals surface area contributed by atoms with Crippen LogP contribution < -0.4 is 5.73 Å². The normalized spacial score (nSPS) is 10.6. The molecule has 2 rings (SSSR count). The van der Waals surface area contributed by atoms with E-state index in [0.29, 0.717) is 31.2 Å². The first kappa shape index (κ1) is 14.3. The molecule has 0 aliphatic rings. The molecule has 0 aliphatic heterocycles. The zero-order valence-electron chi connectivity index (χ0n) is 11.9. The Labute approximate surface area is 119 Å². The van der Waals surface area contributed by atoms with Crippen molar-refractivity contribution >= 4 is 5.91 Å².